The Balaban J connectivity index is 2.25. The van der Waals surface area contributed by atoms with E-state index >= 15 is 0 Å². The molecule has 4 nitrogen and oxygen atoms in total. The van der Waals surface area contributed by atoms with Crippen molar-refractivity contribution in [2.75, 3.05) is 20.3 Å². The molecule has 5 heteroatoms. The van der Waals surface area contributed by atoms with Crippen LogP contribution >= 0.6 is 0 Å². The van der Waals surface area contributed by atoms with E-state index in [-0.39, 0.29) is 5.56 Å². The molecule has 1 fully saturated rings. The number of benzene rings is 1. The van der Waals surface area contributed by atoms with Gasteiger partial charge in [-0.2, -0.15) is 0 Å². The molecule has 2 rings (SSSR count). The van der Waals surface area contributed by atoms with Gasteiger partial charge in [0.25, 0.3) is 0 Å². The van der Waals surface area contributed by atoms with E-state index in [0.717, 1.165) is 0 Å². The molecule has 0 aromatic heterocycles. The summed E-state index contributed by atoms with van der Waals surface area (Å²) < 4.78 is 28.4. The summed E-state index contributed by atoms with van der Waals surface area (Å²) in [4.78, 5) is 11.1. The maximum Gasteiger partial charge on any atom is 0.340 e. The summed E-state index contributed by atoms with van der Waals surface area (Å²) in [6.45, 7) is 0.982. The molecular weight excluding hydrogens is 215 g/mol. The highest BCUT2D eigenvalue weighted by atomic mass is 19.1. The van der Waals surface area contributed by atoms with Crippen molar-refractivity contribution in [3.8, 4) is 0 Å². The van der Waals surface area contributed by atoms with Crippen LogP contribution in [0.2, 0.25) is 0 Å². The third-order valence-corrected chi connectivity index (χ3v) is 2.29. The first-order valence-electron chi connectivity index (χ1n) is 4.83. The Morgan fingerprint density at radius 2 is 2.12 bits per heavy atom. The zero-order chi connectivity index (χ0) is 11.5. The van der Waals surface area contributed by atoms with Crippen LogP contribution in [0, 0.1) is 5.82 Å². The molecule has 1 aliphatic heterocycles. The van der Waals surface area contributed by atoms with E-state index in [9.17, 15) is 9.18 Å². The van der Waals surface area contributed by atoms with Crippen LogP contribution in [0.4, 0.5) is 4.39 Å². The van der Waals surface area contributed by atoms with Crippen molar-refractivity contribution in [1.82, 2.24) is 0 Å². The van der Waals surface area contributed by atoms with Crippen molar-refractivity contribution in [2.24, 2.45) is 0 Å². The fourth-order valence-corrected chi connectivity index (χ4v) is 1.50. The van der Waals surface area contributed by atoms with Crippen molar-refractivity contribution in [2.45, 2.75) is 6.29 Å². The maximum absolute atomic E-state index is 13.5. The van der Waals surface area contributed by atoms with Crippen molar-refractivity contribution in [3.63, 3.8) is 0 Å². The Morgan fingerprint density at radius 1 is 1.44 bits per heavy atom. The van der Waals surface area contributed by atoms with E-state index in [2.05, 4.69) is 4.74 Å². The number of hydrogen-bond donors (Lipinski definition) is 0. The van der Waals surface area contributed by atoms with E-state index in [1.807, 2.05) is 0 Å². The van der Waals surface area contributed by atoms with Gasteiger partial charge in [-0.25, -0.2) is 9.18 Å². The van der Waals surface area contributed by atoms with Crippen molar-refractivity contribution in [3.05, 3.63) is 35.1 Å². The van der Waals surface area contributed by atoms with Gasteiger partial charge in [-0.15, -0.1) is 0 Å². The average molecular weight is 226 g/mol. The monoisotopic (exact) mass is 226 g/mol. The lowest BCUT2D eigenvalue weighted by Gasteiger charge is -2.10. The predicted octanol–water partition coefficient (Wildman–Crippen LogP) is 1.66. The van der Waals surface area contributed by atoms with Crippen LogP contribution in [-0.2, 0) is 14.2 Å². The maximum atomic E-state index is 13.5. The van der Waals surface area contributed by atoms with Gasteiger partial charge >= 0.3 is 5.97 Å². The fraction of sp³-hybridized carbons (Fsp3) is 0.364. The number of esters is 1. The van der Waals surface area contributed by atoms with Gasteiger partial charge in [0.05, 0.1) is 25.9 Å². The molecule has 1 saturated heterocycles. The lowest BCUT2D eigenvalue weighted by atomic mass is 10.1. The van der Waals surface area contributed by atoms with Crippen LogP contribution in [0.5, 0.6) is 0 Å². The quantitative estimate of drug-likeness (QED) is 0.719. The molecule has 0 amide bonds. The van der Waals surface area contributed by atoms with E-state index < -0.39 is 18.1 Å². The second kappa shape index (κ2) is 4.59. The summed E-state index contributed by atoms with van der Waals surface area (Å²) in [7, 11) is 1.21. The first-order valence-corrected chi connectivity index (χ1v) is 4.83. The molecule has 1 aliphatic rings. The van der Waals surface area contributed by atoms with Crippen LogP contribution in [0.3, 0.4) is 0 Å². The Hall–Kier alpha value is -1.46. The molecule has 1 aromatic rings. The lowest BCUT2D eigenvalue weighted by molar-refractivity contribution is -0.0443. The molecule has 0 atom stereocenters. The number of ether oxygens (including phenoxy) is 3. The van der Waals surface area contributed by atoms with Gasteiger partial charge in [0, 0.05) is 5.56 Å². The molecule has 0 unspecified atom stereocenters. The van der Waals surface area contributed by atoms with Gasteiger partial charge in [-0.05, 0) is 12.1 Å². The van der Waals surface area contributed by atoms with Crippen molar-refractivity contribution in [1.29, 1.82) is 0 Å². The summed E-state index contributed by atoms with van der Waals surface area (Å²) in [6.07, 6.45) is -0.541. The van der Waals surface area contributed by atoms with Crippen molar-refractivity contribution >= 4 is 5.97 Å². The molecule has 0 bridgehead atoms. The van der Waals surface area contributed by atoms with E-state index in [1.54, 1.807) is 6.07 Å². The van der Waals surface area contributed by atoms with Crippen molar-refractivity contribution < 1.29 is 23.4 Å². The zero-order valence-electron chi connectivity index (χ0n) is 8.73. The normalized spacial score (nSPS) is 16.4. The molecule has 0 N–H and O–H groups in total. The van der Waals surface area contributed by atoms with Gasteiger partial charge < -0.3 is 14.2 Å². The Bertz CT molecular complexity index is 399. The number of carbonyl (C=O) groups excluding carboxylic acids is 1. The highest BCUT2D eigenvalue weighted by Gasteiger charge is 2.21. The van der Waals surface area contributed by atoms with E-state index in [4.69, 9.17) is 9.47 Å². The minimum Gasteiger partial charge on any atom is -0.465 e. The number of rotatable bonds is 2. The topological polar surface area (TPSA) is 44.8 Å². The fourth-order valence-electron chi connectivity index (χ4n) is 1.50. The molecule has 16 heavy (non-hydrogen) atoms. The largest absolute Gasteiger partial charge is 0.465 e. The Labute approximate surface area is 91.9 Å². The average Bonchev–Trinajstić information content (AvgIpc) is 2.81. The second-order valence-electron chi connectivity index (χ2n) is 3.30. The Kier molecular flexibility index (Phi) is 3.17. The highest BCUT2D eigenvalue weighted by Crippen LogP contribution is 2.24. The first-order chi connectivity index (χ1) is 7.72. The van der Waals surface area contributed by atoms with Crippen LogP contribution in [0.15, 0.2) is 18.2 Å². The minimum atomic E-state index is -0.697. The molecule has 1 aromatic carbocycles. The molecule has 0 radical (unpaired) electrons. The number of carbonyl (C=O) groups is 1. The van der Waals surface area contributed by atoms with E-state index in [0.29, 0.717) is 18.8 Å². The van der Waals surface area contributed by atoms with Crippen LogP contribution in [-0.4, -0.2) is 26.3 Å². The standard InChI is InChI=1S/C11H11FO4/c1-14-10(13)8-3-2-7(6-9(8)12)11-15-4-5-16-11/h2-3,6,11H,4-5H2,1H3. The third kappa shape index (κ3) is 2.05. The smallest absolute Gasteiger partial charge is 0.340 e. The molecule has 86 valence electrons. The van der Waals surface area contributed by atoms with Crippen LogP contribution < -0.4 is 0 Å². The summed E-state index contributed by atoms with van der Waals surface area (Å²) >= 11 is 0. The Morgan fingerprint density at radius 3 is 2.69 bits per heavy atom. The number of methoxy groups -OCH3 is 1. The van der Waals surface area contributed by atoms with Gasteiger partial charge in [-0.3, -0.25) is 0 Å². The molecule has 0 saturated carbocycles. The molecule has 1 heterocycles. The predicted molar refractivity (Wildman–Crippen MR) is 52.4 cm³/mol. The number of hydrogen-bond acceptors (Lipinski definition) is 4. The summed E-state index contributed by atoms with van der Waals surface area (Å²) in [5, 5.41) is 0. The van der Waals surface area contributed by atoms with Gasteiger partial charge in [-0.1, -0.05) is 6.07 Å². The van der Waals surface area contributed by atoms with E-state index in [1.165, 1.54) is 19.2 Å². The van der Waals surface area contributed by atoms with Crippen LogP contribution in [0.25, 0.3) is 0 Å². The SMILES string of the molecule is COC(=O)c1ccc(C2OCCO2)cc1F. The summed E-state index contributed by atoms with van der Waals surface area (Å²) in [5.41, 5.74) is 0.465. The zero-order valence-corrected chi connectivity index (χ0v) is 8.73. The number of halogens is 1. The summed E-state index contributed by atoms with van der Waals surface area (Å²) in [6, 6.07) is 4.18. The third-order valence-electron chi connectivity index (χ3n) is 2.29. The first kappa shape index (κ1) is 11.0. The van der Waals surface area contributed by atoms with Crippen LogP contribution in [0.1, 0.15) is 22.2 Å². The second-order valence-corrected chi connectivity index (χ2v) is 3.30. The molecular formula is C11H11FO4. The molecule has 0 aliphatic carbocycles. The lowest BCUT2D eigenvalue weighted by Crippen LogP contribution is -2.06. The van der Waals surface area contributed by atoms with Gasteiger partial charge in [0.1, 0.15) is 5.82 Å². The minimum absolute atomic E-state index is 0.0933. The van der Waals surface area contributed by atoms with Gasteiger partial charge in [0.2, 0.25) is 0 Å². The highest BCUT2D eigenvalue weighted by molar-refractivity contribution is 5.89. The van der Waals surface area contributed by atoms with Gasteiger partial charge in [0.15, 0.2) is 6.29 Å². The summed E-state index contributed by atoms with van der Waals surface area (Å²) in [5.74, 6) is -1.33. The molecule has 0 spiro atoms.